The average Bonchev–Trinajstić information content (AvgIpc) is 3.09. The number of benzene rings is 2. The first-order chi connectivity index (χ1) is 12.4. The van der Waals surface area contributed by atoms with Crippen molar-refractivity contribution in [1.29, 1.82) is 0 Å². The Labute approximate surface area is 151 Å². The van der Waals surface area contributed by atoms with Crippen molar-refractivity contribution in [1.82, 2.24) is 4.98 Å². The third kappa shape index (κ3) is 4.58. The van der Waals surface area contributed by atoms with E-state index < -0.39 is 9.84 Å². The highest BCUT2D eigenvalue weighted by Crippen LogP contribution is 2.20. The molecule has 0 bridgehead atoms. The maximum absolute atomic E-state index is 12.1. The molecular weight excluding hydrogens is 352 g/mol. The van der Waals surface area contributed by atoms with Crippen molar-refractivity contribution < 1.29 is 17.6 Å². The number of carbonyl (C=O) groups is 1. The highest BCUT2D eigenvalue weighted by Gasteiger charge is 2.11. The second kappa shape index (κ2) is 7.53. The molecule has 7 heteroatoms. The third-order valence-electron chi connectivity index (χ3n) is 3.72. The zero-order valence-electron chi connectivity index (χ0n) is 14.2. The minimum absolute atomic E-state index is 0.163. The molecule has 1 heterocycles. The summed E-state index contributed by atoms with van der Waals surface area (Å²) in [4.78, 5) is 16.4. The molecule has 1 amide bonds. The third-order valence-corrected chi connectivity index (χ3v) is 4.83. The van der Waals surface area contributed by atoms with Crippen LogP contribution >= 0.6 is 0 Å². The molecule has 1 N–H and O–H groups in total. The van der Waals surface area contributed by atoms with Gasteiger partial charge in [0.1, 0.15) is 0 Å². The molecule has 0 aliphatic carbocycles. The lowest BCUT2D eigenvalue weighted by atomic mass is 10.2. The average molecular weight is 370 g/mol. The maximum Gasteiger partial charge on any atom is 0.224 e. The molecule has 0 aliphatic heterocycles. The fourth-order valence-electron chi connectivity index (χ4n) is 2.41. The Morgan fingerprint density at radius 1 is 1.12 bits per heavy atom. The molecule has 0 saturated heterocycles. The van der Waals surface area contributed by atoms with E-state index in [1.807, 2.05) is 30.3 Å². The Kier molecular flexibility index (Phi) is 5.18. The molecule has 0 aliphatic rings. The number of hydrogen-bond acceptors (Lipinski definition) is 5. The molecule has 3 aromatic rings. The van der Waals surface area contributed by atoms with Gasteiger partial charge in [0.05, 0.1) is 11.1 Å². The standard InChI is InChI=1S/C19H18N2O4S/c1-26(23,24)16-9-5-8-15(12-16)21-18(22)10-11-19-20-13-17(25-19)14-6-3-2-4-7-14/h2-9,12-13H,10-11H2,1H3,(H,21,22). The van der Waals surface area contributed by atoms with Crippen LogP contribution in [0.25, 0.3) is 11.3 Å². The number of sulfone groups is 1. The summed E-state index contributed by atoms with van der Waals surface area (Å²) in [5.41, 5.74) is 1.36. The molecule has 0 unspecified atom stereocenters. The molecule has 6 nitrogen and oxygen atoms in total. The number of amides is 1. The van der Waals surface area contributed by atoms with Crippen molar-refractivity contribution in [2.45, 2.75) is 17.7 Å². The van der Waals surface area contributed by atoms with Crippen LogP contribution in [0.1, 0.15) is 12.3 Å². The molecule has 0 spiro atoms. The van der Waals surface area contributed by atoms with Crippen LogP contribution in [-0.4, -0.2) is 25.6 Å². The molecule has 134 valence electrons. The summed E-state index contributed by atoms with van der Waals surface area (Å²) >= 11 is 0. The first kappa shape index (κ1) is 17.9. The summed E-state index contributed by atoms with van der Waals surface area (Å²) < 4.78 is 28.8. The summed E-state index contributed by atoms with van der Waals surface area (Å²) in [5.74, 6) is 0.890. The highest BCUT2D eigenvalue weighted by molar-refractivity contribution is 7.90. The van der Waals surface area contributed by atoms with Gasteiger partial charge in [-0.1, -0.05) is 36.4 Å². The highest BCUT2D eigenvalue weighted by atomic mass is 32.2. The molecule has 0 radical (unpaired) electrons. The minimum atomic E-state index is -3.32. The second-order valence-electron chi connectivity index (χ2n) is 5.83. The topological polar surface area (TPSA) is 89.3 Å². The van der Waals surface area contributed by atoms with E-state index in [-0.39, 0.29) is 17.2 Å². The Hall–Kier alpha value is -2.93. The number of hydrogen-bond donors (Lipinski definition) is 1. The lowest BCUT2D eigenvalue weighted by Gasteiger charge is -2.06. The summed E-state index contributed by atoms with van der Waals surface area (Å²) in [6.07, 6.45) is 3.29. The van der Waals surface area contributed by atoms with Gasteiger partial charge >= 0.3 is 0 Å². The Balaban J connectivity index is 1.59. The summed E-state index contributed by atoms with van der Waals surface area (Å²) in [7, 11) is -3.32. The smallest absolute Gasteiger partial charge is 0.224 e. The van der Waals surface area contributed by atoms with Gasteiger partial charge in [-0.05, 0) is 18.2 Å². The van der Waals surface area contributed by atoms with E-state index in [9.17, 15) is 13.2 Å². The van der Waals surface area contributed by atoms with Gasteiger partial charge in [-0.2, -0.15) is 0 Å². The summed E-state index contributed by atoms with van der Waals surface area (Å²) in [5, 5.41) is 2.69. The van der Waals surface area contributed by atoms with Crippen LogP contribution in [0.4, 0.5) is 5.69 Å². The summed E-state index contributed by atoms with van der Waals surface area (Å²) in [6.45, 7) is 0. The number of rotatable bonds is 6. The van der Waals surface area contributed by atoms with Gasteiger partial charge in [0.15, 0.2) is 21.5 Å². The largest absolute Gasteiger partial charge is 0.441 e. The number of aromatic nitrogens is 1. The van der Waals surface area contributed by atoms with Crippen LogP contribution in [0.15, 0.2) is 70.1 Å². The number of nitrogens with one attached hydrogen (secondary N) is 1. The van der Waals surface area contributed by atoms with Crippen molar-refractivity contribution >= 4 is 21.4 Å². The number of anilines is 1. The molecular formula is C19H18N2O4S. The Morgan fingerprint density at radius 2 is 1.88 bits per heavy atom. The normalized spacial score (nSPS) is 11.3. The van der Waals surface area contributed by atoms with Gasteiger partial charge in [-0.25, -0.2) is 13.4 Å². The Bertz CT molecular complexity index is 1010. The molecule has 0 saturated carbocycles. The van der Waals surface area contributed by atoms with Gasteiger partial charge in [0.2, 0.25) is 5.91 Å². The SMILES string of the molecule is CS(=O)(=O)c1cccc(NC(=O)CCc2ncc(-c3ccccc3)o2)c1. The fraction of sp³-hybridized carbons (Fsp3) is 0.158. The van der Waals surface area contributed by atoms with Gasteiger partial charge in [0.25, 0.3) is 0 Å². The predicted molar refractivity (Wildman–Crippen MR) is 98.4 cm³/mol. The van der Waals surface area contributed by atoms with Crippen LogP contribution < -0.4 is 5.32 Å². The molecule has 0 fully saturated rings. The monoisotopic (exact) mass is 370 g/mol. The quantitative estimate of drug-likeness (QED) is 0.719. The Morgan fingerprint density at radius 3 is 2.62 bits per heavy atom. The van der Waals surface area contributed by atoms with E-state index in [2.05, 4.69) is 10.3 Å². The van der Waals surface area contributed by atoms with E-state index >= 15 is 0 Å². The zero-order valence-corrected chi connectivity index (χ0v) is 15.0. The predicted octanol–water partition coefficient (Wildman–Crippen LogP) is 3.32. The van der Waals surface area contributed by atoms with Gasteiger partial charge in [-0.3, -0.25) is 4.79 Å². The molecule has 3 rings (SSSR count). The fourth-order valence-corrected chi connectivity index (χ4v) is 3.08. The lowest BCUT2D eigenvalue weighted by Crippen LogP contribution is -2.12. The van der Waals surface area contributed by atoms with Gasteiger partial charge < -0.3 is 9.73 Å². The van der Waals surface area contributed by atoms with Gasteiger partial charge in [0, 0.05) is 30.3 Å². The number of oxazole rings is 1. The van der Waals surface area contributed by atoms with Crippen molar-refractivity contribution in [3.05, 3.63) is 66.7 Å². The minimum Gasteiger partial charge on any atom is -0.441 e. The van der Waals surface area contributed by atoms with Crippen LogP contribution in [-0.2, 0) is 21.1 Å². The maximum atomic E-state index is 12.1. The van der Waals surface area contributed by atoms with Gasteiger partial charge in [-0.15, -0.1) is 0 Å². The van der Waals surface area contributed by atoms with E-state index in [4.69, 9.17) is 4.42 Å². The number of nitrogens with zero attached hydrogens (tertiary/aromatic N) is 1. The zero-order chi connectivity index (χ0) is 18.6. The first-order valence-corrected chi connectivity index (χ1v) is 9.91. The summed E-state index contributed by atoms with van der Waals surface area (Å²) in [6, 6.07) is 15.7. The van der Waals surface area contributed by atoms with Crippen molar-refractivity contribution in [3.63, 3.8) is 0 Å². The van der Waals surface area contributed by atoms with Crippen molar-refractivity contribution in [3.8, 4) is 11.3 Å². The number of aryl methyl sites for hydroxylation is 1. The molecule has 1 aromatic heterocycles. The second-order valence-corrected chi connectivity index (χ2v) is 7.85. The first-order valence-electron chi connectivity index (χ1n) is 8.02. The molecule has 26 heavy (non-hydrogen) atoms. The van der Waals surface area contributed by atoms with Crippen LogP contribution in [0, 0.1) is 0 Å². The van der Waals surface area contributed by atoms with E-state index in [1.54, 1.807) is 18.3 Å². The lowest BCUT2D eigenvalue weighted by molar-refractivity contribution is -0.116. The van der Waals surface area contributed by atoms with Crippen LogP contribution in [0.3, 0.4) is 0 Å². The van der Waals surface area contributed by atoms with Crippen LogP contribution in [0.5, 0.6) is 0 Å². The van der Waals surface area contributed by atoms with Crippen molar-refractivity contribution in [2.24, 2.45) is 0 Å². The molecule has 2 aromatic carbocycles. The van der Waals surface area contributed by atoms with E-state index in [1.165, 1.54) is 12.1 Å². The van der Waals surface area contributed by atoms with Crippen LogP contribution in [0.2, 0.25) is 0 Å². The van der Waals surface area contributed by atoms with Crippen molar-refractivity contribution in [2.75, 3.05) is 11.6 Å². The van der Waals surface area contributed by atoms with E-state index in [0.29, 0.717) is 23.8 Å². The number of carbonyl (C=O) groups excluding carboxylic acids is 1. The molecule has 0 atom stereocenters. The van der Waals surface area contributed by atoms with E-state index in [0.717, 1.165) is 11.8 Å².